The van der Waals surface area contributed by atoms with Crippen LogP contribution in [0.3, 0.4) is 0 Å². The summed E-state index contributed by atoms with van der Waals surface area (Å²) in [7, 11) is 0. The largest absolute Gasteiger partial charge is 0.299 e. The number of carbonyl (C=O) groups is 3. The fourth-order valence-corrected chi connectivity index (χ4v) is 5.72. The van der Waals surface area contributed by atoms with E-state index in [1.54, 1.807) is 6.07 Å². The summed E-state index contributed by atoms with van der Waals surface area (Å²) < 4.78 is 0. The summed E-state index contributed by atoms with van der Waals surface area (Å²) in [6, 6.07) is 11.4. The van der Waals surface area contributed by atoms with E-state index in [-0.39, 0.29) is 29.4 Å². The number of halogens is 1. The van der Waals surface area contributed by atoms with Gasteiger partial charge in [-0.05, 0) is 35.8 Å². The molecule has 4 nitrogen and oxygen atoms in total. The van der Waals surface area contributed by atoms with Gasteiger partial charge in [0, 0.05) is 22.7 Å². The Bertz CT molecular complexity index is 969. The molecule has 2 aromatic rings. The molecule has 1 aliphatic heterocycles. The van der Waals surface area contributed by atoms with Crippen LogP contribution >= 0.6 is 11.6 Å². The van der Waals surface area contributed by atoms with E-state index in [0.717, 1.165) is 22.8 Å². The van der Waals surface area contributed by atoms with Crippen molar-refractivity contribution in [1.29, 1.82) is 0 Å². The first-order chi connectivity index (χ1) is 12.0. The van der Waals surface area contributed by atoms with Gasteiger partial charge in [0.05, 0.1) is 11.3 Å². The van der Waals surface area contributed by atoms with Crippen LogP contribution in [0, 0.1) is 17.8 Å². The highest BCUT2D eigenvalue weighted by molar-refractivity contribution is 6.35. The van der Waals surface area contributed by atoms with Crippen LogP contribution in [-0.4, -0.2) is 17.6 Å². The summed E-state index contributed by atoms with van der Waals surface area (Å²) in [4.78, 5) is 38.1. The van der Waals surface area contributed by atoms with E-state index in [0.29, 0.717) is 17.9 Å². The van der Waals surface area contributed by atoms with Crippen LogP contribution in [0.1, 0.15) is 24.8 Å². The standard InChI is InChI=1S/C20H16ClNO3/c21-15-8-7-14(11-3-1-2-4-12(11)15)20-10-5-6-13(16(23)9-10)17(20)18(24)22-19(20)25/h1-4,7-8,10,13,17H,5-6,9H2,(H,22,24,25)/t10-,13+,17+,20-/m0/s1. The molecule has 0 aromatic heterocycles. The summed E-state index contributed by atoms with van der Waals surface area (Å²) in [5, 5.41) is 4.92. The van der Waals surface area contributed by atoms with Gasteiger partial charge in [-0.3, -0.25) is 19.7 Å². The Morgan fingerprint density at radius 2 is 1.76 bits per heavy atom. The molecule has 3 saturated carbocycles. The Morgan fingerprint density at radius 1 is 1.00 bits per heavy atom. The molecule has 0 unspecified atom stereocenters. The third-order valence-corrected chi connectivity index (χ3v) is 6.77. The molecule has 4 aliphatic rings. The van der Waals surface area contributed by atoms with Gasteiger partial charge in [0.15, 0.2) is 0 Å². The maximum atomic E-state index is 13.1. The number of nitrogens with one attached hydrogen (secondary N) is 1. The normalized spacial score (nSPS) is 33.6. The summed E-state index contributed by atoms with van der Waals surface area (Å²) in [6.07, 6.45) is 1.87. The molecule has 25 heavy (non-hydrogen) atoms. The van der Waals surface area contributed by atoms with Crippen molar-refractivity contribution < 1.29 is 14.4 Å². The lowest BCUT2D eigenvalue weighted by Gasteiger charge is -2.50. The number of imide groups is 1. The van der Waals surface area contributed by atoms with Crippen LogP contribution in [0.15, 0.2) is 36.4 Å². The van der Waals surface area contributed by atoms with Crippen LogP contribution in [0.4, 0.5) is 0 Å². The molecule has 4 atom stereocenters. The minimum Gasteiger partial charge on any atom is -0.299 e. The van der Waals surface area contributed by atoms with Gasteiger partial charge < -0.3 is 0 Å². The molecule has 2 amide bonds. The van der Waals surface area contributed by atoms with Crippen LogP contribution in [0.25, 0.3) is 10.8 Å². The fourth-order valence-electron chi connectivity index (χ4n) is 5.49. The molecule has 5 heteroatoms. The van der Waals surface area contributed by atoms with Gasteiger partial charge in [-0.15, -0.1) is 0 Å². The monoisotopic (exact) mass is 353 g/mol. The summed E-state index contributed by atoms with van der Waals surface area (Å²) in [5.41, 5.74) is -0.110. The van der Waals surface area contributed by atoms with E-state index in [1.807, 2.05) is 30.3 Å². The van der Waals surface area contributed by atoms with E-state index < -0.39 is 11.3 Å². The van der Waals surface area contributed by atoms with Crippen molar-refractivity contribution in [2.45, 2.75) is 24.7 Å². The summed E-state index contributed by atoms with van der Waals surface area (Å²) >= 11 is 6.35. The molecule has 1 N–H and O–H groups in total. The van der Waals surface area contributed by atoms with E-state index in [4.69, 9.17) is 11.6 Å². The number of hydrogen-bond acceptors (Lipinski definition) is 3. The zero-order valence-corrected chi connectivity index (χ0v) is 14.2. The highest BCUT2D eigenvalue weighted by Crippen LogP contribution is 2.59. The van der Waals surface area contributed by atoms with Gasteiger partial charge in [0.25, 0.3) is 0 Å². The van der Waals surface area contributed by atoms with Crippen molar-refractivity contribution in [2.75, 3.05) is 0 Å². The van der Waals surface area contributed by atoms with Gasteiger partial charge in [-0.25, -0.2) is 0 Å². The second kappa shape index (κ2) is 4.92. The molecule has 126 valence electrons. The molecule has 1 saturated heterocycles. The zero-order valence-electron chi connectivity index (χ0n) is 13.4. The molecule has 2 aromatic carbocycles. The van der Waals surface area contributed by atoms with Gasteiger partial charge >= 0.3 is 0 Å². The van der Waals surface area contributed by atoms with E-state index in [1.165, 1.54) is 0 Å². The Morgan fingerprint density at radius 3 is 2.52 bits per heavy atom. The molecule has 4 fully saturated rings. The number of rotatable bonds is 1. The number of fused-ring (bicyclic) bond motifs is 3. The number of carbonyl (C=O) groups excluding carboxylic acids is 3. The predicted molar refractivity (Wildman–Crippen MR) is 93.1 cm³/mol. The summed E-state index contributed by atoms with van der Waals surface area (Å²) in [6.45, 7) is 0. The number of ketones is 1. The quantitative estimate of drug-likeness (QED) is 0.802. The average molecular weight is 354 g/mol. The van der Waals surface area contributed by atoms with Crippen molar-refractivity contribution in [3.63, 3.8) is 0 Å². The SMILES string of the molecule is O=C1C[C@@H]2CC[C@H]1[C@@H]1C(=O)NC(=O)[C@]21c1ccc(Cl)c2ccccc12. The highest BCUT2D eigenvalue weighted by Gasteiger charge is 2.68. The van der Waals surface area contributed by atoms with Crippen LogP contribution < -0.4 is 5.32 Å². The molecular weight excluding hydrogens is 338 g/mol. The van der Waals surface area contributed by atoms with Gasteiger partial charge in [-0.1, -0.05) is 41.9 Å². The smallest absolute Gasteiger partial charge is 0.238 e. The van der Waals surface area contributed by atoms with Crippen molar-refractivity contribution in [1.82, 2.24) is 5.32 Å². The fraction of sp³-hybridized carbons (Fsp3) is 0.350. The van der Waals surface area contributed by atoms with Gasteiger partial charge in [0.1, 0.15) is 5.78 Å². The Labute approximate surface area is 149 Å². The summed E-state index contributed by atoms with van der Waals surface area (Å²) in [5.74, 6) is -1.51. The predicted octanol–water partition coefficient (Wildman–Crippen LogP) is 3.00. The molecule has 1 heterocycles. The molecule has 2 bridgehead atoms. The maximum Gasteiger partial charge on any atom is 0.238 e. The van der Waals surface area contributed by atoms with Crippen molar-refractivity contribution in [2.24, 2.45) is 17.8 Å². The van der Waals surface area contributed by atoms with E-state index >= 15 is 0 Å². The average Bonchev–Trinajstić information content (AvgIpc) is 2.89. The van der Waals surface area contributed by atoms with Crippen LogP contribution in [-0.2, 0) is 19.8 Å². The van der Waals surface area contributed by atoms with Crippen molar-refractivity contribution >= 4 is 40.0 Å². The van der Waals surface area contributed by atoms with E-state index in [9.17, 15) is 14.4 Å². The molecule has 0 spiro atoms. The lowest BCUT2D eigenvalue weighted by Crippen LogP contribution is -2.58. The van der Waals surface area contributed by atoms with Gasteiger partial charge in [0.2, 0.25) is 11.8 Å². The zero-order chi connectivity index (χ0) is 17.3. The lowest BCUT2D eigenvalue weighted by atomic mass is 9.48. The Kier molecular flexibility index (Phi) is 2.97. The number of hydrogen-bond donors (Lipinski definition) is 1. The third kappa shape index (κ3) is 1.70. The first-order valence-corrected chi connectivity index (χ1v) is 8.98. The minimum absolute atomic E-state index is 0.125. The molecular formula is C20H16ClNO3. The minimum atomic E-state index is -0.946. The second-order valence-corrected chi connectivity index (χ2v) is 7.76. The molecule has 3 aliphatic carbocycles. The number of Topliss-reactive ketones (excluding diaryl/α,β-unsaturated/α-hetero) is 1. The van der Waals surface area contributed by atoms with Crippen molar-refractivity contribution in [3.05, 3.63) is 47.0 Å². The van der Waals surface area contributed by atoms with E-state index in [2.05, 4.69) is 5.32 Å². The number of benzene rings is 2. The molecule has 0 radical (unpaired) electrons. The Hall–Kier alpha value is -2.20. The maximum absolute atomic E-state index is 13.1. The third-order valence-electron chi connectivity index (χ3n) is 6.44. The first-order valence-electron chi connectivity index (χ1n) is 8.61. The topological polar surface area (TPSA) is 63.2 Å². The second-order valence-electron chi connectivity index (χ2n) is 7.36. The molecule has 6 rings (SSSR count). The van der Waals surface area contributed by atoms with Gasteiger partial charge in [-0.2, -0.15) is 0 Å². The first kappa shape index (κ1) is 15.1. The van der Waals surface area contributed by atoms with Crippen LogP contribution in [0.2, 0.25) is 5.02 Å². The van der Waals surface area contributed by atoms with Crippen molar-refractivity contribution in [3.8, 4) is 0 Å². The lowest BCUT2D eigenvalue weighted by molar-refractivity contribution is -0.146. The highest BCUT2D eigenvalue weighted by atomic mass is 35.5. The van der Waals surface area contributed by atoms with Crippen LogP contribution in [0.5, 0.6) is 0 Å². The number of amides is 2. The Balaban J connectivity index is 1.86.